The van der Waals surface area contributed by atoms with Gasteiger partial charge in [0, 0.05) is 23.6 Å². The molecule has 2 N–H and O–H groups in total. The third-order valence-electron chi connectivity index (χ3n) is 5.89. The van der Waals surface area contributed by atoms with Gasteiger partial charge in [-0.15, -0.1) is 0 Å². The predicted molar refractivity (Wildman–Crippen MR) is 112 cm³/mol. The molecule has 1 amide bonds. The Morgan fingerprint density at radius 1 is 1.27 bits per heavy atom. The number of hydrogen-bond donors (Lipinski definition) is 2. The smallest absolute Gasteiger partial charge is 0.339 e. The van der Waals surface area contributed by atoms with Crippen molar-refractivity contribution in [3.8, 4) is 11.5 Å². The fourth-order valence-electron chi connectivity index (χ4n) is 4.32. The average Bonchev–Trinajstić information content (AvgIpc) is 3.18. The Morgan fingerprint density at radius 3 is 2.80 bits per heavy atom. The number of nitrogens with one attached hydrogen (secondary N) is 1. The number of hydrogen-bond acceptors (Lipinski definition) is 4. The van der Waals surface area contributed by atoms with Gasteiger partial charge in [0.2, 0.25) is 6.41 Å². The van der Waals surface area contributed by atoms with Gasteiger partial charge >= 0.3 is 5.97 Å². The number of aromatic carboxylic acids is 1. The predicted octanol–water partition coefficient (Wildman–Crippen LogP) is 3.57. The van der Waals surface area contributed by atoms with E-state index in [0.29, 0.717) is 25.1 Å². The quantitative estimate of drug-likeness (QED) is 0.583. The molecule has 0 saturated carbocycles. The van der Waals surface area contributed by atoms with Gasteiger partial charge in [0.15, 0.2) is 0 Å². The minimum atomic E-state index is -1.04. The topological polar surface area (TPSA) is 91.9 Å². The second-order valence-electron chi connectivity index (χ2n) is 7.43. The van der Waals surface area contributed by atoms with Crippen LogP contribution in [0.25, 0.3) is 10.9 Å². The van der Waals surface area contributed by atoms with Gasteiger partial charge in [-0.05, 0) is 66.3 Å². The second kappa shape index (κ2) is 8.10. The molecule has 30 heavy (non-hydrogen) atoms. The summed E-state index contributed by atoms with van der Waals surface area (Å²) in [5.74, 6) is 0.0997. The van der Waals surface area contributed by atoms with Crippen molar-refractivity contribution in [1.82, 2.24) is 9.88 Å². The Kier molecular flexibility index (Phi) is 5.35. The van der Waals surface area contributed by atoms with E-state index >= 15 is 0 Å². The molecule has 0 saturated heterocycles. The van der Waals surface area contributed by atoms with Crippen LogP contribution in [0.2, 0.25) is 0 Å². The molecular formula is C23H24N2O5. The van der Waals surface area contributed by atoms with Crippen LogP contribution in [0.3, 0.4) is 0 Å². The van der Waals surface area contributed by atoms with Gasteiger partial charge in [0.25, 0.3) is 0 Å². The van der Waals surface area contributed by atoms with Gasteiger partial charge in [-0.25, -0.2) is 4.79 Å². The lowest BCUT2D eigenvalue weighted by atomic mass is 9.87. The molecular weight excluding hydrogens is 384 g/mol. The number of ether oxygens (including phenoxy) is 2. The van der Waals surface area contributed by atoms with Crippen molar-refractivity contribution in [3.63, 3.8) is 0 Å². The summed E-state index contributed by atoms with van der Waals surface area (Å²) in [6.07, 6.45) is 4.93. The molecule has 1 aliphatic rings. The number of methoxy groups -OCH3 is 2. The maximum atomic E-state index is 11.7. The highest BCUT2D eigenvalue weighted by atomic mass is 16.5. The highest BCUT2D eigenvalue weighted by molar-refractivity contribution is 5.91. The van der Waals surface area contributed by atoms with E-state index in [1.54, 1.807) is 24.1 Å². The summed E-state index contributed by atoms with van der Waals surface area (Å²) in [7, 11) is 3.11. The highest BCUT2D eigenvalue weighted by Crippen LogP contribution is 2.37. The number of aromatic amines is 1. The van der Waals surface area contributed by atoms with Crippen molar-refractivity contribution in [2.45, 2.75) is 25.3 Å². The molecule has 7 heteroatoms. The fourth-order valence-corrected chi connectivity index (χ4v) is 4.32. The molecule has 1 aliphatic heterocycles. The molecule has 0 unspecified atom stereocenters. The fraction of sp³-hybridized carbons (Fsp3) is 0.304. The molecule has 0 aliphatic carbocycles. The molecule has 156 valence electrons. The Labute approximate surface area is 174 Å². The number of H-pyrrole nitrogens is 1. The molecule has 0 spiro atoms. The van der Waals surface area contributed by atoms with Crippen molar-refractivity contribution >= 4 is 23.3 Å². The number of aryl methyl sites for hydroxylation is 1. The number of benzene rings is 2. The lowest BCUT2D eigenvalue weighted by molar-refractivity contribution is -0.120. The summed E-state index contributed by atoms with van der Waals surface area (Å²) in [4.78, 5) is 28.5. The van der Waals surface area contributed by atoms with Crippen LogP contribution in [-0.2, 0) is 17.6 Å². The highest BCUT2D eigenvalue weighted by Gasteiger charge is 2.29. The zero-order valence-corrected chi connectivity index (χ0v) is 17.0. The van der Waals surface area contributed by atoms with Crippen LogP contribution in [0.4, 0.5) is 0 Å². The van der Waals surface area contributed by atoms with Gasteiger partial charge < -0.3 is 24.5 Å². The summed E-state index contributed by atoms with van der Waals surface area (Å²) in [6, 6.07) is 9.16. The minimum absolute atomic E-state index is 0.117. The largest absolute Gasteiger partial charge is 0.497 e. The molecule has 2 heterocycles. The van der Waals surface area contributed by atoms with E-state index in [9.17, 15) is 14.7 Å². The van der Waals surface area contributed by atoms with E-state index < -0.39 is 5.97 Å². The van der Waals surface area contributed by atoms with E-state index in [1.807, 2.05) is 24.4 Å². The summed E-state index contributed by atoms with van der Waals surface area (Å²) >= 11 is 0. The molecule has 0 radical (unpaired) electrons. The number of carbonyl (C=O) groups excluding carboxylic acids is 1. The third-order valence-corrected chi connectivity index (χ3v) is 5.89. The van der Waals surface area contributed by atoms with Crippen molar-refractivity contribution < 1.29 is 24.2 Å². The Bertz CT molecular complexity index is 1100. The van der Waals surface area contributed by atoms with Crippen LogP contribution in [0.5, 0.6) is 11.5 Å². The summed E-state index contributed by atoms with van der Waals surface area (Å²) in [5, 5.41) is 10.7. The summed E-state index contributed by atoms with van der Waals surface area (Å²) in [5.41, 5.74) is 4.18. The number of amides is 1. The number of rotatable bonds is 7. The van der Waals surface area contributed by atoms with E-state index in [0.717, 1.165) is 46.2 Å². The number of aromatic nitrogens is 1. The van der Waals surface area contributed by atoms with Crippen LogP contribution in [0, 0.1) is 0 Å². The first kappa shape index (κ1) is 19.8. The molecule has 7 nitrogen and oxygen atoms in total. The third kappa shape index (κ3) is 3.47. The molecule has 0 bridgehead atoms. The molecule has 1 aromatic heterocycles. The maximum Gasteiger partial charge on any atom is 0.339 e. The maximum absolute atomic E-state index is 11.7. The van der Waals surface area contributed by atoms with Gasteiger partial charge in [0.1, 0.15) is 17.1 Å². The number of fused-ring (bicyclic) bond motifs is 2. The number of carboxylic acids is 1. The first-order valence-electron chi connectivity index (χ1n) is 9.84. The van der Waals surface area contributed by atoms with Crippen molar-refractivity contribution in [2.24, 2.45) is 0 Å². The number of carbonyl (C=O) groups is 2. The van der Waals surface area contributed by atoms with E-state index in [-0.39, 0.29) is 11.6 Å². The van der Waals surface area contributed by atoms with Crippen molar-refractivity contribution in [3.05, 3.63) is 58.8 Å². The number of nitrogens with zero attached hydrogens (tertiary/aromatic N) is 1. The first-order chi connectivity index (χ1) is 14.5. The lowest BCUT2D eigenvalue weighted by Gasteiger charge is -2.35. The Balaban J connectivity index is 1.67. The SMILES string of the molecule is COc1ccc2[nH]cc(CC[C@H]3c4cc(C(=O)O)c(OC)cc4CCN3C=O)c2c1. The van der Waals surface area contributed by atoms with Crippen LogP contribution >= 0.6 is 0 Å². The zero-order chi connectivity index (χ0) is 21.3. The normalized spacial score (nSPS) is 15.7. The van der Waals surface area contributed by atoms with Gasteiger partial charge in [0.05, 0.1) is 20.3 Å². The van der Waals surface area contributed by atoms with E-state index in [4.69, 9.17) is 9.47 Å². The second-order valence-corrected chi connectivity index (χ2v) is 7.43. The molecule has 3 aromatic rings. The summed E-state index contributed by atoms with van der Waals surface area (Å²) < 4.78 is 10.6. The van der Waals surface area contributed by atoms with Gasteiger partial charge in [-0.3, -0.25) is 4.79 Å². The van der Waals surface area contributed by atoms with E-state index in [1.165, 1.54) is 7.11 Å². The minimum Gasteiger partial charge on any atom is -0.497 e. The first-order valence-corrected chi connectivity index (χ1v) is 9.84. The van der Waals surface area contributed by atoms with Crippen LogP contribution in [0.15, 0.2) is 36.5 Å². The van der Waals surface area contributed by atoms with Gasteiger partial charge in [-0.1, -0.05) is 0 Å². The molecule has 1 atom stereocenters. The van der Waals surface area contributed by atoms with Crippen LogP contribution < -0.4 is 9.47 Å². The van der Waals surface area contributed by atoms with Crippen LogP contribution in [0.1, 0.15) is 39.5 Å². The molecule has 2 aromatic carbocycles. The molecule has 4 rings (SSSR count). The van der Waals surface area contributed by atoms with E-state index in [2.05, 4.69) is 4.98 Å². The Hall–Kier alpha value is -3.48. The standard InChI is InChI=1S/C23H24N2O5/c1-29-16-4-5-20-17(10-16)15(12-24-20)3-6-21-18-11-19(23(27)28)22(30-2)9-14(18)7-8-25(21)13-26/h4-5,9-13,21,24H,3,6-8H2,1-2H3,(H,27,28)/t21-/m0/s1. The zero-order valence-electron chi connectivity index (χ0n) is 17.0. The van der Waals surface area contributed by atoms with Gasteiger partial charge in [-0.2, -0.15) is 0 Å². The number of carboxylic acid groups (broad SMARTS) is 1. The average molecular weight is 408 g/mol. The lowest BCUT2D eigenvalue weighted by Crippen LogP contribution is -2.35. The Morgan fingerprint density at radius 2 is 2.10 bits per heavy atom. The summed E-state index contributed by atoms with van der Waals surface area (Å²) in [6.45, 7) is 0.596. The van der Waals surface area contributed by atoms with Crippen molar-refractivity contribution in [1.29, 1.82) is 0 Å². The monoisotopic (exact) mass is 408 g/mol. The van der Waals surface area contributed by atoms with Crippen LogP contribution in [-0.4, -0.2) is 48.1 Å². The molecule has 0 fully saturated rings. The van der Waals surface area contributed by atoms with Crippen molar-refractivity contribution in [2.75, 3.05) is 20.8 Å².